The van der Waals surface area contributed by atoms with Gasteiger partial charge in [-0.3, -0.25) is 14.8 Å². The lowest BCUT2D eigenvalue weighted by Crippen LogP contribution is -2.46. The molecule has 21 heavy (non-hydrogen) atoms. The van der Waals surface area contributed by atoms with E-state index in [-0.39, 0.29) is 6.61 Å². The SMILES string of the molecule is CC.CC(C)c1ccc(CN2CCN(CCO)CC2)nc1. The van der Waals surface area contributed by atoms with E-state index in [0.29, 0.717) is 5.92 Å². The van der Waals surface area contributed by atoms with Crippen LogP contribution in [-0.2, 0) is 6.54 Å². The summed E-state index contributed by atoms with van der Waals surface area (Å²) in [5.41, 5.74) is 2.46. The van der Waals surface area contributed by atoms with Gasteiger partial charge in [-0.2, -0.15) is 0 Å². The maximum absolute atomic E-state index is 8.93. The molecule has 4 nitrogen and oxygen atoms in total. The highest BCUT2D eigenvalue weighted by Gasteiger charge is 2.16. The number of hydrogen-bond donors (Lipinski definition) is 1. The summed E-state index contributed by atoms with van der Waals surface area (Å²) in [5.74, 6) is 0.545. The fraction of sp³-hybridized carbons (Fsp3) is 0.706. The molecule has 1 aliphatic rings. The summed E-state index contributed by atoms with van der Waals surface area (Å²) in [5, 5.41) is 8.93. The Hall–Kier alpha value is -0.970. The minimum atomic E-state index is 0.262. The van der Waals surface area contributed by atoms with E-state index in [1.165, 1.54) is 5.56 Å². The molecule has 0 aliphatic carbocycles. The molecule has 1 aromatic heterocycles. The molecular weight excluding hydrogens is 262 g/mol. The van der Waals surface area contributed by atoms with Crippen LogP contribution in [0.5, 0.6) is 0 Å². The fourth-order valence-corrected chi connectivity index (χ4v) is 2.41. The molecule has 1 aliphatic heterocycles. The van der Waals surface area contributed by atoms with Gasteiger partial charge in [0, 0.05) is 45.5 Å². The van der Waals surface area contributed by atoms with Gasteiger partial charge in [0.2, 0.25) is 0 Å². The van der Waals surface area contributed by atoms with Crippen LogP contribution >= 0.6 is 0 Å². The number of β-amino-alcohol motifs (C(OH)–C–C–N with tert-alkyl or cyclic N) is 1. The van der Waals surface area contributed by atoms with Crippen molar-refractivity contribution < 1.29 is 5.11 Å². The summed E-state index contributed by atoms with van der Waals surface area (Å²) in [6.45, 7) is 14.6. The third kappa shape index (κ3) is 6.12. The molecule has 1 N–H and O–H groups in total. The normalized spacial score (nSPS) is 16.7. The Kier molecular flexibility index (Phi) is 8.50. The van der Waals surface area contributed by atoms with E-state index in [2.05, 4.69) is 40.8 Å². The summed E-state index contributed by atoms with van der Waals surface area (Å²) in [6, 6.07) is 4.34. The highest BCUT2D eigenvalue weighted by atomic mass is 16.3. The second-order valence-corrected chi connectivity index (χ2v) is 5.58. The molecule has 0 aromatic carbocycles. The maximum atomic E-state index is 8.93. The average Bonchev–Trinajstić information content (AvgIpc) is 2.52. The zero-order valence-corrected chi connectivity index (χ0v) is 14.0. The third-order valence-electron chi connectivity index (χ3n) is 3.78. The molecule has 0 amide bonds. The molecular formula is C17H31N3O. The van der Waals surface area contributed by atoms with E-state index >= 15 is 0 Å². The van der Waals surface area contributed by atoms with Crippen molar-refractivity contribution in [2.75, 3.05) is 39.3 Å². The van der Waals surface area contributed by atoms with Crippen molar-refractivity contribution in [3.63, 3.8) is 0 Å². The molecule has 120 valence electrons. The lowest BCUT2D eigenvalue weighted by atomic mass is 10.1. The Morgan fingerprint density at radius 1 is 1.10 bits per heavy atom. The van der Waals surface area contributed by atoms with E-state index in [9.17, 15) is 0 Å². The maximum Gasteiger partial charge on any atom is 0.0558 e. The molecule has 0 atom stereocenters. The monoisotopic (exact) mass is 293 g/mol. The van der Waals surface area contributed by atoms with Crippen LogP contribution in [0.15, 0.2) is 18.3 Å². The van der Waals surface area contributed by atoms with Gasteiger partial charge in [0.1, 0.15) is 0 Å². The first kappa shape index (κ1) is 18.1. The van der Waals surface area contributed by atoms with Crippen LogP contribution in [0.25, 0.3) is 0 Å². The van der Waals surface area contributed by atoms with Gasteiger partial charge in [0.05, 0.1) is 12.3 Å². The number of piperazine rings is 1. The summed E-state index contributed by atoms with van der Waals surface area (Å²) in [4.78, 5) is 9.30. The average molecular weight is 293 g/mol. The van der Waals surface area contributed by atoms with Crippen molar-refractivity contribution >= 4 is 0 Å². The van der Waals surface area contributed by atoms with Gasteiger partial charge in [-0.15, -0.1) is 0 Å². The summed E-state index contributed by atoms with van der Waals surface area (Å²) in [7, 11) is 0. The van der Waals surface area contributed by atoms with Crippen molar-refractivity contribution in [3.8, 4) is 0 Å². The molecule has 0 bridgehead atoms. The fourth-order valence-electron chi connectivity index (χ4n) is 2.41. The Balaban J connectivity index is 0.00000106. The second-order valence-electron chi connectivity index (χ2n) is 5.58. The van der Waals surface area contributed by atoms with Crippen molar-refractivity contribution in [2.24, 2.45) is 0 Å². The van der Waals surface area contributed by atoms with Gasteiger partial charge in [-0.25, -0.2) is 0 Å². The number of aromatic nitrogens is 1. The van der Waals surface area contributed by atoms with Crippen LogP contribution in [0.3, 0.4) is 0 Å². The smallest absolute Gasteiger partial charge is 0.0558 e. The second kappa shape index (κ2) is 9.87. The summed E-state index contributed by atoms with van der Waals surface area (Å²) < 4.78 is 0. The topological polar surface area (TPSA) is 39.6 Å². The van der Waals surface area contributed by atoms with Crippen LogP contribution in [0.1, 0.15) is 44.9 Å². The molecule has 0 radical (unpaired) electrons. The number of aliphatic hydroxyl groups is 1. The zero-order valence-electron chi connectivity index (χ0n) is 14.0. The van der Waals surface area contributed by atoms with Gasteiger partial charge >= 0.3 is 0 Å². The molecule has 0 saturated carbocycles. The van der Waals surface area contributed by atoms with Crippen LogP contribution in [0.2, 0.25) is 0 Å². The highest BCUT2D eigenvalue weighted by molar-refractivity contribution is 5.17. The molecule has 1 saturated heterocycles. The molecule has 0 spiro atoms. The Bertz CT molecular complexity index is 370. The zero-order chi connectivity index (χ0) is 15.7. The molecule has 0 unspecified atom stereocenters. The van der Waals surface area contributed by atoms with Crippen molar-refractivity contribution in [1.82, 2.24) is 14.8 Å². The van der Waals surface area contributed by atoms with Crippen LogP contribution < -0.4 is 0 Å². The van der Waals surface area contributed by atoms with Crippen molar-refractivity contribution in [3.05, 3.63) is 29.6 Å². The van der Waals surface area contributed by atoms with E-state index < -0.39 is 0 Å². The quantitative estimate of drug-likeness (QED) is 0.904. The largest absolute Gasteiger partial charge is 0.395 e. The standard InChI is InChI=1S/C15H25N3O.C2H6/c1-13(2)14-3-4-15(16-11-14)12-18-7-5-17(6-8-18)9-10-19;1-2/h3-4,11,13,19H,5-10,12H2,1-2H3;1-2H3. The van der Waals surface area contributed by atoms with E-state index in [1.807, 2.05) is 20.0 Å². The Labute approximate surface area is 129 Å². The first-order valence-electron chi connectivity index (χ1n) is 8.19. The highest BCUT2D eigenvalue weighted by Crippen LogP contribution is 2.14. The number of nitrogens with zero attached hydrogens (tertiary/aromatic N) is 3. The summed E-state index contributed by atoms with van der Waals surface area (Å²) >= 11 is 0. The molecule has 2 rings (SSSR count). The molecule has 1 aromatic rings. The first-order valence-corrected chi connectivity index (χ1v) is 8.19. The minimum absolute atomic E-state index is 0.262. The lowest BCUT2D eigenvalue weighted by Gasteiger charge is -2.34. The molecule has 2 heterocycles. The van der Waals surface area contributed by atoms with Gasteiger partial charge in [0.25, 0.3) is 0 Å². The number of hydrogen-bond acceptors (Lipinski definition) is 4. The minimum Gasteiger partial charge on any atom is -0.395 e. The van der Waals surface area contributed by atoms with Crippen LogP contribution in [0, 0.1) is 0 Å². The Morgan fingerprint density at radius 2 is 1.71 bits per heavy atom. The van der Waals surface area contributed by atoms with Gasteiger partial charge < -0.3 is 5.11 Å². The van der Waals surface area contributed by atoms with Gasteiger partial charge in [-0.1, -0.05) is 33.8 Å². The lowest BCUT2D eigenvalue weighted by molar-refractivity contribution is 0.107. The van der Waals surface area contributed by atoms with E-state index in [4.69, 9.17) is 5.11 Å². The van der Waals surface area contributed by atoms with E-state index in [1.54, 1.807) is 0 Å². The Morgan fingerprint density at radius 3 is 2.19 bits per heavy atom. The number of rotatable bonds is 5. The third-order valence-corrected chi connectivity index (χ3v) is 3.78. The van der Waals surface area contributed by atoms with Crippen LogP contribution in [-0.4, -0.2) is 59.2 Å². The number of pyridine rings is 1. The number of aliphatic hydroxyl groups excluding tert-OH is 1. The van der Waals surface area contributed by atoms with Crippen molar-refractivity contribution in [2.45, 2.75) is 40.2 Å². The van der Waals surface area contributed by atoms with Gasteiger partial charge in [-0.05, 0) is 17.5 Å². The predicted octanol–water partition coefficient (Wildman–Crippen LogP) is 2.34. The van der Waals surface area contributed by atoms with E-state index in [0.717, 1.165) is 45.0 Å². The molecule has 4 heteroatoms. The van der Waals surface area contributed by atoms with Crippen LogP contribution in [0.4, 0.5) is 0 Å². The molecule has 1 fully saturated rings. The predicted molar refractivity (Wildman–Crippen MR) is 88.5 cm³/mol. The summed E-state index contributed by atoms with van der Waals surface area (Å²) in [6.07, 6.45) is 2.00. The van der Waals surface area contributed by atoms with Crippen molar-refractivity contribution in [1.29, 1.82) is 0 Å². The first-order chi connectivity index (χ1) is 10.2. The van der Waals surface area contributed by atoms with Gasteiger partial charge in [0.15, 0.2) is 0 Å².